The Morgan fingerprint density at radius 1 is 1.07 bits per heavy atom. The molecule has 2 aromatic carbocycles. The Balaban J connectivity index is 2.26. The van der Waals surface area contributed by atoms with E-state index in [0.717, 1.165) is 30.0 Å². The van der Waals surface area contributed by atoms with Crippen LogP contribution in [-0.2, 0) is 14.8 Å². The van der Waals surface area contributed by atoms with Gasteiger partial charge in [0.05, 0.1) is 6.26 Å². The predicted octanol–water partition coefficient (Wildman–Crippen LogP) is 3.48. The fourth-order valence-electron chi connectivity index (χ4n) is 2.80. The molecule has 0 unspecified atom stereocenters. The number of rotatable bonds is 7. The van der Waals surface area contributed by atoms with Gasteiger partial charge in [-0.1, -0.05) is 18.2 Å². The molecule has 2 rings (SSSR count). The van der Waals surface area contributed by atoms with Crippen molar-refractivity contribution in [3.05, 3.63) is 59.7 Å². The number of amides is 1. The average molecular weight is 396 g/mol. The van der Waals surface area contributed by atoms with E-state index in [1.807, 2.05) is 25.1 Å². The highest BCUT2D eigenvalue weighted by atomic mass is 32.2. The van der Waals surface area contributed by atoms with Crippen molar-refractivity contribution >= 4 is 27.3 Å². The zero-order chi connectivity index (χ0) is 20.2. The third-order valence-corrected chi connectivity index (χ3v) is 5.21. The minimum Gasteiger partial charge on any atom is -0.313 e. The summed E-state index contributed by atoms with van der Waals surface area (Å²) in [6, 6.07) is 10.4. The van der Waals surface area contributed by atoms with Crippen molar-refractivity contribution in [3.8, 4) is 0 Å². The first kappa shape index (κ1) is 20.8. The van der Waals surface area contributed by atoms with Gasteiger partial charge in [-0.3, -0.25) is 9.10 Å². The first-order chi connectivity index (χ1) is 12.6. The number of carbonyl (C=O) groups excluding carboxylic acids is 1. The van der Waals surface area contributed by atoms with Gasteiger partial charge in [-0.2, -0.15) is 0 Å². The molecule has 0 N–H and O–H groups in total. The van der Waals surface area contributed by atoms with E-state index in [-0.39, 0.29) is 18.9 Å². The molecular weight excluding hydrogens is 374 g/mol. The number of sulfonamides is 1. The van der Waals surface area contributed by atoms with Gasteiger partial charge in [0, 0.05) is 25.2 Å². The lowest BCUT2D eigenvalue weighted by molar-refractivity contribution is -0.118. The van der Waals surface area contributed by atoms with E-state index in [0.29, 0.717) is 16.5 Å². The average Bonchev–Trinajstić information content (AvgIpc) is 2.57. The highest BCUT2D eigenvalue weighted by Gasteiger charge is 2.26. The maximum atomic E-state index is 14.0. The lowest BCUT2D eigenvalue weighted by Gasteiger charge is -2.26. The Hall–Kier alpha value is -2.48. The van der Waals surface area contributed by atoms with Crippen LogP contribution in [0.25, 0.3) is 0 Å². The molecule has 8 heteroatoms. The molecule has 0 bridgehead atoms. The van der Waals surface area contributed by atoms with Crippen LogP contribution >= 0.6 is 0 Å². The Morgan fingerprint density at radius 3 is 2.19 bits per heavy atom. The van der Waals surface area contributed by atoms with Crippen molar-refractivity contribution in [1.82, 2.24) is 0 Å². The Bertz CT molecular complexity index is 912. The molecule has 0 aliphatic carbocycles. The van der Waals surface area contributed by atoms with Crippen LogP contribution < -0.4 is 9.21 Å². The fraction of sp³-hybridized carbons (Fsp3) is 0.316. The molecular formula is C19H22F2N2O3S. The van der Waals surface area contributed by atoms with Crippen molar-refractivity contribution in [3.63, 3.8) is 0 Å². The zero-order valence-electron chi connectivity index (χ0n) is 15.4. The molecule has 0 aliphatic rings. The van der Waals surface area contributed by atoms with Gasteiger partial charge in [0.15, 0.2) is 11.6 Å². The summed E-state index contributed by atoms with van der Waals surface area (Å²) in [5.41, 5.74) is 0.988. The third kappa shape index (κ3) is 5.03. The molecule has 5 nitrogen and oxygen atoms in total. The van der Waals surface area contributed by atoms with Crippen molar-refractivity contribution in [2.24, 2.45) is 0 Å². The second-order valence-electron chi connectivity index (χ2n) is 6.13. The van der Waals surface area contributed by atoms with Gasteiger partial charge in [0.25, 0.3) is 0 Å². The Labute approximate surface area is 158 Å². The number of aryl methyl sites for hydroxylation is 1. The number of carbonyl (C=O) groups is 1. The van der Waals surface area contributed by atoms with Gasteiger partial charge >= 0.3 is 0 Å². The van der Waals surface area contributed by atoms with Gasteiger partial charge in [0.1, 0.15) is 5.69 Å². The summed E-state index contributed by atoms with van der Waals surface area (Å²) >= 11 is 0. The summed E-state index contributed by atoms with van der Waals surface area (Å²) in [5.74, 6) is -2.34. The third-order valence-electron chi connectivity index (χ3n) is 4.05. The highest BCUT2D eigenvalue weighted by Crippen LogP contribution is 2.26. The van der Waals surface area contributed by atoms with Crippen LogP contribution in [0.5, 0.6) is 0 Å². The van der Waals surface area contributed by atoms with Gasteiger partial charge in [-0.05, 0) is 43.7 Å². The zero-order valence-corrected chi connectivity index (χ0v) is 16.3. The van der Waals surface area contributed by atoms with Gasteiger partial charge < -0.3 is 4.90 Å². The maximum Gasteiger partial charge on any atom is 0.232 e. The Kier molecular flexibility index (Phi) is 6.54. The van der Waals surface area contributed by atoms with E-state index < -0.39 is 27.3 Å². The molecule has 2 aromatic rings. The van der Waals surface area contributed by atoms with Crippen LogP contribution in [-0.4, -0.2) is 33.7 Å². The molecule has 0 saturated carbocycles. The van der Waals surface area contributed by atoms with Crippen LogP contribution in [0.2, 0.25) is 0 Å². The van der Waals surface area contributed by atoms with Crippen LogP contribution in [0.15, 0.2) is 42.5 Å². The standard InChI is InChI=1S/C19H22F2N2O3S/c1-4-22(15-8-5-7-14(2)13-15)18(24)11-12-23(27(3,25)26)19-16(20)9-6-10-17(19)21/h5-10,13H,4,11-12H2,1-3H3. The second-order valence-corrected chi connectivity index (χ2v) is 8.04. The molecule has 0 radical (unpaired) electrons. The van der Waals surface area contributed by atoms with E-state index in [2.05, 4.69) is 0 Å². The molecule has 0 spiro atoms. The summed E-state index contributed by atoms with van der Waals surface area (Å²) in [4.78, 5) is 14.1. The molecule has 0 aliphatic heterocycles. The lowest BCUT2D eigenvalue weighted by Crippen LogP contribution is -2.37. The number of anilines is 2. The van der Waals surface area contributed by atoms with Crippen molar-refractivity contribution in [2.45, 2.75) is 20.3 Å². The minimum atomic E-state index is -3.98. The lowest BCUT2D eigenvalue weighted by atomic mass is 10.2. The number of para-hydroxylation sites is 1. The van der Waals surface area contributed by atoms with Crippen molar-refractivity contribution in [2.75, 3.05) is 28.6 Å². The number of hydrogen-bond donors (Lipinski definition) is 0. The number of benzene rings is 2. The SMILES string of the molecule is CCN(C(=O)CCN(c1c(F)cccc1F)S(C)(=O)=O)c1cccc(C)c1. The summed E-state index contributed by atoms with van der Waals surface area (Å²) in [6.45, 7) is 3.71. The monoisotopic (exact) mass is 396 g/mol. The second kappa shape index (κ2) is 8.47. The van der Waals surface area contributed by atoms with Gasteiger partial charge in [-0.25, -0.2) is 17.2 Å². The van der Waals surface area contributed by atoms with Crippen LogP contribution in [0.3, 0.4) is 0 Å². The molecule has 27 heavy (non-hydrogen) atoms. The highest BCUT2D eigenvalue weighted by molar-refractivity contribution is 7.92. The number of halogens is 2. The van der Waals surface area contributed by atoms with Crippen LogP contribution in [0.4, 0.5) is 20.2 Å². The number of nitrogens with zero attached hydrogens (tertiary/aromatic N) is 2. The summed E-state index contributed by atoms with van der Waals surface area (Å²) in [6.07, 6.45) is 0.629. The van der Waals surface area contributed by atoms with E-state index >= 15 is 0 Å². The van der Waals surface area contributed by atoms with Gasteiger partial charge in [0.2, 0.25) is 15.9 Å². The first-order valence-corrected chi connectivity index (χ1v) is 10.3. The summed E-state index contributed by atoms with van der Waals surface area (Å²) in [7, 11) is -3.98. The molecule has 0 aromatic heterocycles. The smallest absolute Gasteiger partial charge is 0.232 e. The first-order valence-electron chi connectivity index (χ1n) is 8.44. The summed E-state index contributed by atoms with van der Waals surface area (Å²) in [5, 5.41) is 0. The molecule has 0 atom stereocenters. The Morgan fingerprint density at radius 2 is 1.67 bits per heavy atom. The van der Waals surface area contributed by atoms with Crippen LogP contribution in [0, 0.1) is 18.6 Å². The molecule has 0 fully saturated rings. The van der Waals surface area contributed by atoms with Crippen molar-refractivity contribution in [1.29, 1.82) is 0 Å². The van der Waals surface area contributed by atoms with E-state index in [9.17, 15) is 22.0 Å². The maximum absolute atomic E-state index is 14.0. The topological polar surface area (TPSA) is 57.7 Å². The van der Waals surface area contributed by atoms with Crippen molar-refractivity contribution < 1.29 is 22.0 Å². The van der Waals surface area contributed by atoms with Gasteiger partial charge in [-0.15, -0.1) is 0 Å². The molecule has 146 valence electrons. The number of hydrogen-bond acceptors (Lipinski definition) is 3. The summed E-state index contributed by atoms with van der Waals surface area (Å²) < 4.78 is 52.8. The predicted molar refractivity (Wildman–Crippen MR) is 102 cm³/mol. The molecule has 0 heterocycles. The van der Waals surface area contributed by atoms with E-state index in [1.165, 1.54) is 4.90 Å². The molecule has 0 saturated heterocycles. The quantitative estimate of drug-likeness (QED) is 0.720. The minimum absolute atomic E-state index is 0.220. The molecule has 1 amide bonds. The fourth-order valence-corrected chi connectivity index (χ4v) is 3.73. The van der Waals surface area contributed by atoms with Crippen LogP contribution in [0.1, 0.15) is 18.9 Å². The van der Waals surface area contributed by atoms with E-state index in [4.69, 9.17) is 0 Å². The normalized spacial score (nSPS) is 11.3. The largest absolute Gasteiger partial charge is 0.313 e. The van der Waals surface area contributed by atoms with E-state index in [1.54, 1.807) is 13.0 Å².